The number of halogens is 1. The average molecular weight is 362 g/mol. The van der Waals surface area contributed by atoms with Crippen molar-refractivity contribution < 1.29 is 13.8 Å². The molecule has 0 heterocycles. The Kier molecular flexibility index (Phi) is 6.24. The van der Waals surface area contributed by atoms with Crippen LogP contribution in [-0.2, 0) is 17.4 Å². The molecular formula is C21H28FO2P. The summed E-state index contributed by atoms with van der Waals surface area (Å²) in [5.74, 6) is 0.0169. The van der Waals surface area contributed by atoms with Gasteiger partial charge in [0.1, 0.15) is 5.82 Å². The first-order valence-electron chi connectivity index (χ1n) is 8.73. The molecule has 0 saturated carbocycles. The second-order valence-electron chi connectivity index (χ2n) is 7.42. The summed E-state index contributed by atoms with van der Waals surface area (Å²) >= 11 is 0. The van der Waals surface area contributed by atoms with Gasteiger partial charge in [0.15, 0.2) is 7.37 Å². The van der Waals surface area contributed by atoms with E-state index in [1.165, 1.54) is 23.4 Å². The van der Waals surface area contributed by atoms with Crippen molar-refractivity contribution in [3.8, 4) is 0 Å². The molecule has 1 atom stereocenters. The first-order chi connectivity index (χ1) is 11.6. The van der Waals surface area contributed by atoms with Gasteiger partial charge in [0.05, 0.1) is 0 Å². The minimum Gasteiger partial charge on any atom is -0.344 e. The van der Waals surface area contributed by atoms with E-state index in [9.17, 15) is 13.8 Å². The van der Waals surface area contributed by atoms with E-state index >= 15 is 0 Å². The first kappa shape index (κ1) is 19.9. The highest BCUT2D eigenvalue weighted by Gasteiger charge is 2.13. The maximum Gasteiger partial charge on any atom is 0.197 e. The predicted octanol–water partition coefficient (Wildman–Crippen LogP) is 5.60. The van der Waals surface area contributed by atoms with E-state index in [2.05, 4.69) is 26.0 Å². The highest BCUT2D eigenvalue weighted by Crippen LogP contribution is 2.36. The summed E-state index contributed by atoms with van der Waals surface area (Å²) in [5.41, 5.74) is 6.55. The molecule has 0 aliphatic heterocycles. The van der Waals surface area contributed by atoms with E-state index in [4.69, 9.17) is 0 Å². The fourth-order valence-electron chi connectivity index (χ4n) is 3.19. The van der Waals surface area contributed by atoms with Crippen molar-refractivity contribution in [2.24, 2.45) is 0 Å². The van der Waals surface area contributed by atoms with E-state index < -0.39 is 7.37 Å². The van der Waals surface area contributed by atoms with Crippen LogP contribution in [0, 0.1) is 19.7 Å². The minimum atomic E-state index is -2.98. The predicted molar refractivity (Wildman–Crippen MR) is 104 cm³/mol. The molecule has 2 aromatic rings. The van der Waals surface area contributed by atoms with E-state index in [-0.39, 0.29) is 11.7 Å². The van der Waals surface area contributed by atoms with Crippen LogP contribution in [0.4, 0.5) is 4.39 Å². The van der Waals surface area contributed by atoms with E-state index in [0.29, 0.717) is 12.6 Å². The topological polar surface area (TPSA) is 37.3 Å². The molecule has 0 saturated heterocycles. The monoisotopic (exact) mass is 362 g/mol. The zero-order chi connectivity index (χ0) is 18.8. The zero-order valence-corrected chi connectivity index (χ0v) is 16.7. The molecule has 1 unspecified atom stereocenters. The van der Waals surface area contributed by atoms with Crippen LogP contribution in [0.25, 0.3) is 0 Å². The van der Waals surface area contributed by atoms with Gasteiger partial charge in [0, 0.05) is 12.8 Å². The molecule has 25 heavy (non-hydrogen) atoms. The summed E-state index contributed by atoms with van der Waals surface area (Å²) in [4.78, 5) is 9.49. The second-order valence-corrected chi connectivity index (χ2v) is 9.97. The highest BCUT2D eigenvalue weighted by atomic mass is 31.2. The number of aryl methyl sites for hydroxylation is 3. The van der Waals surface area contributed by atoms with Gasteiger partial charge in [-0.2, -0.15) is 0 Å². The van der Waals surface area contributed by atoms with Crippen LogP contribution in [0.2, 0.25) is 0 Å². The fourth-order valence-corrected chi connectivity index (χ4v) is 3.87. The summed E-state index contributed by atoms with van der Waals surface area (Å²) in [6.45, 7) is 9.55. The maximum atomic E-state index is 13.9. The van der Waals surface area contributed by atoms with Crippen molar-refractivity contribution in [1.29, 1.82) is 0 Å². The summed E-state index contributed by atoms with van der Waals surface area (Å²) in [7, 11) is -2.98. The number of benzene rings is 2. The molecule has 2 rings (SSSR count). The molecule has 1 N–H and O–H groups in total. The standard InChI is InChI=1S/C21H28FO2P/c1-14(2)19-12-17(6-7-21(19)22)13-20-15(3)10-18(11-16(20)4)8-9-25(5,23)24/h6-7,10-12,14H,8-9,13H2,1-5H3,(H,23,24). The second kappa shape index (κ2) is 7.85. The van der Waals surface area contributed by atoms with Crippen molar-refractivity contribution >= 4 is 7.37 Å². The molecule has 136 valence electrons. The van der Waals surface area contributed by atoms with Gasteiger partial charge in [0.2, 0.25) is 0 Å². The molecule has 2 nitrogen and oxygen atoms in total. The molecule has 0 spiro atoms. The Morgan fingerprint density at radius 3 is 2.20 bits per heavy atom. The fraction of sp³-hybridized carbons (Fsp3) is 0.429. The third kappa shape index (κ3) is 5.52. The molecule has 0 aliphatic rings. The third-order valence-corrected chi connectivity index (χ3v) is 5.69. The van der Waals surface area contributed by atoms with Crippen molar-refractivity contribution in [2.45, 2.75) is 46.5 Å². The van der Waals surface area contributed by atoms with Crippen molar-refractivity contribution in [1.82, 2.24) is 0 Å². The molecule has 0 aromatic heterocycles. The average Bonchev–Trinajstić information content (AvgIpc) is 2.49. The SMILES string of the molecule is Cc1cc(CCP(C)(=O)O)cc(C)c1Cc1ccc(F)c(C(C)C)c1. The van der Waals surface area contributed by atoms with Crippen LogP contribution in [-0.4, -0.2) is 17.7 Å². The first-order valence-corrected chi connectivity index (χ1v) is 11.0. The number of hydrogen-bond acceptors (Lipinski definition) is 1. The number of rotatable bonds is 6. The number of hydrogen-bond donors (Lipinski definition) is 1. The van der Waals surface area contributed by atoms with Gasteiger partial charge in [-0.3, -0.25) is 4.57 Å². The summed E-state index contributed by atoms with van der Waals surface area (Å²) in [6, 6.07) is 9.58. The van der Waals surface area contributed by atoms with Crippen LogP contribution < -0.4 is 0 Å². The highest BCUT2D eigenvalue weighted by molar-refractivity contribution is 7.57. The molecule has 2 aromatic carbocycles. The van der Waals surface area contributed by atoms with Gasteiger partial charge in [-0.25, -0.2) is 4.39 Å². The quantitative estimate of drug-likeness (QED) is 0.679. The van der Waals surface area contributed by atoms with E-state index in [1.54, 1.807) is 6.07 Å². The van der Waals surface area contributed by atoms with Gasteiger partial charge in [-0.15, -0.1) is 0 Å². The lowest BCUT2D eigenvalue weighted by atomic mass is 9.91. The van der Waals surface area contributed by atoms with Gasteiger partial charge < -0.3 is 4.89 Å². The lowest BCUT2D eigenvalue weighted by Crippen LogP contribution is -2.02. The third-order valence-electron chi connectivity index (χ3n) is 4.63. The Hall–Kier alpha value is -1.44. The lowest BCUT2D eigenvalue weighted by Gasteiger charge is -2.15. The Balaban J connectivity index is 2.26. The molecule has 0 aliphatic carbocycles. The molecule has 4 heteroatoms. The molecule has 0 fully saturated rings. The summed E-state index contributed by atoms with van der Waals surface area (Å²) in [5, 5.41) is 0. The largest absolute Gasteiger partial charge is 0.344 e. The zero-order valence-electron chi connectivity index (χ0n) is 15.8. The van der Waals surface area contributed by atoms with Crippen LogP contribution in [0.15, 0.2) is 30.3 Å². The van der Waals surface area contributed by atoms with E-state index in [1.807, 2.05) is 26.0 Å². The molecular weight excluding hydrogens is 334 g/mol. The lowest BCUT2D eigenvalue weighted by molar-refractivity contribution is 0.484. The maximum absolute atomic E-state index is 13.9. The van der Waals surface area contributed by atoms with Crippen molar-refractivity contribution in [3.05, 3.63) is 69.5 Å². The molecule has 0 radical (unpaired) electrons. The van der Waals surface area contributed by atoms with Crippen LogP contribution in [0.1, 0.15) is 53.1 Å². The molecule has 0 bridgehead atoms. The van der Waals surface area contributed by atoms with Gasteiger partial charge in [0.25, 0.3) is 0 Å². The molecule has 0 amide bonds. The van der Waals surface area contributed by atoms with Crippen LogP contribution >= 0.6 is 7.37 Å². The van der Waals surface area contributed by atoms with Crippen LogP contribution in [0.3, 0.4) is 0 Å². The Labute approximate surface area is 150 Å². The van der Waals surface area contributed by atoms with Gasteiger partial charge in [-0.1, -0.05) is 38.1 Å². The van der Waals surface area contributed by atoms with Gasteiger partial charge >= 0.3 is 0 Å². The summed E-state index contributed by atoms with van der Waals surface area (Å²) in [6.07, 6.45) is 1.69. The Bertz CT molecular complexity index is 783. The van der Waals surface area contributed by atoms with Crippen molar-refractivity contribution in [2.75, 3.05) is 12.8 Å². The normalized spacial score (nSPS) is 13.9. The van der Waals surface area contributed by atoms with Gasteiger partial charge in [-0.05, 0) is 72.1 Å². The Morgan fingerprint density at radius 2 is 1.68 bits per heavy atom. The summed E-state index contributed by atoms with van der Waals surface area (Å²) < 4.78 is 25.4. The van der Waals surface area contributed by atoms with Crippen LogP contribution in [0.5, 0.6) is 0 Å². The minimum absolute atomic E-state index is 0.143. The van der Waals surface area contributed by atoms with Crippen molar-refractivity contribution in [3.63, 3.8) is 0 Å². The smallest absolute Gasteiger partial charge is 0.197 e. The van der Waals surface area contributed by atoms with E-state index in [0.717, 1.165) is 23.1 Å². The Morgan fingerprint density at radius 1 is 1.08 bits per heavy atom.